The quantitative estimate of drug-likeness (QED) is 0.155. The fourth-order valence-corrected chi connectivity index (χ4v) is 6.29. The van der Waals surface area contributed by atoms with Crippen molar-refractivity contribution in [2.24, 2.45) is 13.0 Å². The van der Waals surface area contributed by atoms with Crippen molar-refractivity contribution in [3.8, 4) is 17.1 Å². The molecule has 264 valence electrons. The average Bonchev–Trinajstić information content (AvgIpc) is 3.86. The number of carbonyl (C=O) groups excluding carboxylic acids is 3. The first kappa shape index (κ1) is 34.8. The van der Waals surface area contributed by atoms with Crippen LogP contribution in [0.15, 0.2) is 48.9 Å². The Morgan fingerprint density at radius 1 is 1.12 bits per heavy atom. The predicted octanol–water partition coefficient (Wildman–Crippen LogP) is 1.45. The fourth-order valence-electron chi connectivity index (χ4n) is 6.03. The molecular weight excluding hydrogens is 685 g/mol. The summed E-state index contributed by atoms with van der Waals surface area (Å²) in [7, 11) is 1.38. The summed E-state index contributed by atoms with van der Waals surface area (Å²) in [4.78, 5) is 48.9. The Morgan fingerprint density at radius 3 is 2.54 bits per heavy atom. The van der Waals surface area contributed by atoms with Crippen molar-refractivity contribution in [2.45, 2.75) is 30.8 Å². The summed E-state index contributed by atoms with van der Waals surface area (Å²) in [6.07, 6.45) is -1.64. The molecule has 2 aliphatic heterocycles. The lowest BCUT2D eigenvalue weighted by atomic mass is 10.0. The van der Waals surface area contributed by atoms with E-state index < -0.39 is 47.8 Å². The van der Waals surface area contributed by atoms with Gasteiger partial charge < -0.3 is 41.4 Å². The van der Waals surface area contributed by atoms with Crippen molar-refractivity contribution in [1.29, 1.82) is 0 Å². The van der Waals surface area contributed by atoms with Gasteiger partial charge in [-0.1, -0.05) is 11.6 Å². The summed E-state index contributed by atoms with van der Waals surface area (Å²) in [5.41, 5.74) is 4.61. The van der Waals surface area contributed by atoms with Crippen LogP contribution in [0, 0.1) is 5.92 Å². The number of aliphatic hydroxyl groups excluding tert-OH is 2. The number of hydrogen-bond donors (Lipinski definition) is 6. The number of halogens is 4. The van der Waals surface area contributed by atoms with Crippen LogP contribution in [0.2, 0.25) is 5.02 Å². The molecule has 3 amide bonds. The molecule has 4 atom stereocenters. The van der Waals surface area contributed by atoms with Gasteiger partial charge in [-0.3, -0.25) is 14.4 Å². The standard InChI is InChI=1S/C31H32ClF3N10O5/c1-43-24(20-12-45(42-26(20)31(33,34)35)25-5-2-16(36)8-38-25)10-39-27(43)29(49)40-17-3-4-19(21(32)6-17)28(48)41-23-13-44(11-15(23)14-46)30(50)22-7-18(47)9-37-22/h2-6,8,10,12,15,18,22-23,37,46-47H,7,9,11,13-14,36H2,1H3,(H,40,49)(H,41,48)/t15?,18-,22+,23?/m1/s1. The van der Waals surface area contributed by atoms with Crippen molar-refractivity contribution < 1.29 is 37.8 Å². The monoisotopic (exact) mass is 716 g/mol. The third-order valence-corrected chi connectivity index (χ3v) is 8.95. The van der Waals surface area contributed by atoms with Gasteiger partial charge in [-0.15, -0.1) is 0 Å². The molecule has 2 unspecified atom stereocenters. The Bertz CT molecular complexity index is 1930. The van der Waals surface area contributed by atoms with E-state index in [1.54, 1.807) is 0 Å². The lowest BCUT2D eigenvalue weighted by Gasteiger charge is -2.21. The summed E-state index contributed by atoms with van der Waals surface area (Å²) in [6, 6.07) is 5.90. The average molecular weight is 717 g/mol. The maximum Gasteiger partial charge on any atom is 0.435 e. The highest BCUT2D eigenvalue weighted by Crippen LogP contribution is 2.37. The number of aromatic nitrogens is 5. The van der Waals surface area contributed by atoms with E-state index in [0.717, 1.165) is 17.1 Å². The van der Waals surface area contributed by atoms with Gasteiger partial charge in [-0.05, 0) is 36.8 Å². The zero-order valence-electron chi connectivity index (χ0n) is 26.4. The topological polar surface area (TPSA) is 206 Å². The van der Waals surface area contributed by atoms with Crippen LogP contribution in [0.25, 0.3) is 17.1 Å². The number of nitrogens with two attached hydrogens (primary N) is 1. The Morgan fingerprint density at radius 2 is 1.90 bits per heavy atom. The molecule has 15 nitrogen and oxygen atoms in total. The molecule has 0 bridgehead atoms. The zero-order chi connectivity index (χ0) is 35.9. The van der Waals surface area contributed by atoms with Gasteiger partial charge in [0.2, 0.25) is 5.91 Å². The molecule has 7 N–H and O–H groups in total. The first-order valence-corrected chi connectivity index (χ1v) is 15.7. The Labute approximate surface area is 287 Å². The molecule has 5 heterocycles. The lowest BCUT2D eigenvalue weighted by molar-refractivity contribution is -0.140. The van der Waals surface area contributed by atoms with Gasteiger partial charge in [-0.2, -0.15) is 18.3 Å². The van der Waals surface area contributed by atoms with Crippen LogP contribution in [0.3, 0.4) is 0 Å². The maximum absolute atomic E-state index is 14.0. The number of anilines is 2. The molecule has 2 aliphatic rings. The smallest absolute Gasteiger partial charge is 0.397 e. The number of pyridine rings is 1. The maximum atomic E-state index is 14.0. The SMILES string of the molecule is Cn1c(-c2cn(-c3ccc(N)cn3)nc2C(F)(F)F)cnc1C(=O)Nc1ccc(C(=O)NC2CN(C(=O)[C@@H]3C[C@@H](O)CN3)CC2CO)c(Cl)c1. The van der Waals surface area contributed by atoms with Crippen LogP contribution in [-0.4, -0.2) is 102 Å². The van der Waals surface area contributed by atoms with E-state index in [-0.39, 0.29) is 71.2 Å². The molecule has 4 aromatic rings. The van der Waals surface area contributed by atoms with Gasteiger partial charge in [0.05, 0.1) is 58.1 Å². The number of alkyl halides is 3. The summed E-state index contributed by atoms with van der Waals surface area (Å²) in [6.45, 7) is 0.417. The molecule has 1 aromatic carbocycles. The minimum absolute atomic E-state index is 0.0186. The number of hydrogen-bond acceptors (Lipinski definition) is 10. The van der Waals surface area contributed by atoms with E-state index in [4.69, 9.17) is 17.3 Å². The first-order chi connectivity index (χ1) is 23.7. The summed E-state index contributed by atoms with van der Waals surface area (Å²) >= 11 is 6.42. The van der Waals surface area contributed by atoms with E-state index in [1.807, 2.05) is 0 Å². The van der Waals surface area contributed by atoms with Crippen LogP contribution < -0.4 is 21.7 Å². The molecule has 19 heteroatoms. The number of nitrogen functional groups attached to an aromatic ring is 1. The number of nitrogens with one attached hydrogen (secondary N) is 3. The van der Waals surface area contributed by atoms with E-state index >= 15 is 0 Å². The van der Waals surface area contributed by atoms with Gasteiger partial charge in [-0.25, -0.2) is 14.6 Å². The van der Waals surface area contributed by atoms with Crippen LogP contribution in [0.4, 0.5) is 24.5 Å². The van der Waals surface area contributed by atoms with E-state index in [0.29, 0.717) is 12.2 Å². The minimum Gasteiger partial charge on any atom is -0.397 e. The first-order valence-electron chi connectivity index (χ1n) is 15.4. The second-order valence-electron chi connectivity index (χ2n) is 12.1. The van der Waals surface area contributed by atoms with Crippen molar-refractivity contribution in [2.75, 3.05) is 37.3 Å². The number of likely N-dealkylation sites (tertiary alicyclic amines) is 1. The molecule has 50 heavy (non-hydrogen) atoms. The summed E-state index contributed by atoms with van der Waals surface area (Å²) < 4.78 is 44.2. The minimum atomic E-state index is -4.84. The molecular formula is C31H32ClF3N10O5. The molecule has 0 radical (unpaired) electrons. The van der Waals surface area contributed by atoms with Crippen LogP contribution in [0.1, 0.15) is 33.1 Å². The number of nitrogens with zero attached hydrogens (tertiary/aromatic N) is 6. The van der Waals surface area contributed by atoms with Gasteiger partial charge in [0.1, 0.15) is 0 Å². The second kappa shape index (κ2) is 13.7. The number of amides is 3. The summed E-state index contributed by atoms with van der Waals surface area (Å²) in [5, 5.41) is 31.7. The molecule has 0 saturated carbocycles. The van der Waals surface area contributed by atoms with Crippen LogP contribution in [0.5, 0.6) is 0 Å². The molecule has 3 aromatic heterocycles. The normalized spacial score (nSPS) is 20.7. The molecule has 2 fully saturated rings. The van der Waals surface area contributed by atoms with Crippen molar-refractivity contribution in [3.05, 3.63) is 71.0 Å². The number of aliphatic hydroxyl groups is 2. The number of benzene rings is 1. The zero-order valence-corrected chi connectivity index (χ0v) is 27.1. The molecule has 0 spiro atoms. The Balaban J connectivity index is 1.14. The Hall–Kier alpha value is -5.04. The fraction of sp³-hybridized carbons (Fsp3) is 0.355. The van der Waals surface area contributed by atoms with E-state index in [1.165, 1.54) is 53.0 Å². The highest BCUT2D eigenvalue weighted by atomic mass is 35.5. The molecule has 0 aliphatic carbocycles. The highest BCUT2D eigenvalue weighted by molar-refractivity contribution is 6.34. The second-order valence-corrected chi connectivity index (χ2v) is 12.5. The largest absolute Gasteiger partial charge is 0.435 e. The third-order valence-electron chi connectivity index (χ3n) is 8.64. The van der Waals surface area contributed by atoms with E-state index in [2.05, 4.69) is 31.0 Å². The van der Waals surface area contributed by atoms with Crippen molar-refractivity contribution in [1.82, 2.24) is 39.8 Å². The molecule has 2 saturated heterocycles. The van der Waals surface area contributed by atoms with Gasteiger partial charge in [0.15, 0.2) is 17.3 Å². The van der Waals surface area contributed by atoms with Crippen molar-refractivity contribution in [3.63, 3.8) is 0 Å². The van der Waals surface area contributed by atoms with E-state index in [9.17, 15) is 37.8 Å². The lowest BCUT2D eigenvalue weighted by Crippen LogP contribution is -2.45. The third kappa shape index (κ3) is 7.00. The number of β-amino-alcohol motifs (C(OH)–C–C–N with tert-alkyl or cyclic N) is 1. The van der Waals surface area contributed by atoms with Crippen LogP contribution >= 0.6 is 11.6 Å². The summed E-state index contributed by atoms with van der Waals surface area (Å²) in [5.74, 6) is -2.10. The van der Waals surface area contributed by atoms with Gasteiger partial charge in [0, 0.05) is 51.1 Å². The van der Waals surface area contributed by atoms with Gasteiger partial charge >= 0.3 is 6.18 Å². The molecule has 6 rings (SSSR count). The predicted molar refractivity (Wildman–Crippen MR) is 173 cm³/mol. The van der Waals surface area contributed by atoms with Crippen LogP contribution in [-0.2, 0) is 18.0 Å². The Kier molecular flexibility index (Phi) is 9.54. The number of rotatable bonds is 8. The number of carbonyl (C=O) groups is 3. The number of imidazole rings is 1. The van der Waals surface area contributed by atoms with Gasteiger partial charge in [0.25, 0.3) is 11.8 Å². The van der Waals surface area contributed by atoms with Crippen molar-refractivity contribution >= 4 is 40.7 Å². The highest BCUT2D eigenvalue weighted by Gasteiger charge is 2.41.